The van der Waals surface area contributed by atoms with Crippen LogP contribution in [0.1, 0.15) is 30.1 Å². The standard InChI is InChI=1S/C21H20FN3O4S2/c1-12-18(25-20(23-12)30-19(24-25)21(2,3)27)14-6-9-16(26)17(10-14)31(28,29)11-13-4-7-15(22)8-5-13/h4-10,26-27H,11H2,1-3H3. The second-order valence-corrected chi connectivity index (χ2v) is 10.7. The Morgan fingerprint density at radius 2 is 1.84 bits per heavy atom. The number of imidazole rings is 1. The molecular formula is C21H20FN3O4S2. The summed E-state index contributed by atoms with van der Waals surface area (Å²) in [6.07, 6.45) is 0. The van der Waals surface area contributed by atoms with Gasteiger partial charge in [0.05, 0.1) is 17.1 Å². The van der Waals surface area contributed by atoms with Gasteiger partial charge in [0.1, 0.15) is 27.1 Å². The van der Waals surface area contributed by atoms with E-state index >= 15 is 0 Å². The van der Waals surface area contributed by atoms with Crippen LogP contribution in [0.4, 0.5) is 4.39 Å². The average molecular weight is 462 g/mol. The molecule has 0 radical (unpaired) electrons. The predicted molar refractivity (Wildman–Crippen MR) is 115 cm³/mol. The third kappa shape index (κ3) is 4.06. The Hall–Kier alpha value is -2.82. The highest BCUT2D eigenvalue weighted by Gasteiger charge is 2.26. The number of aromatic hydroxyl groups is 1. The Bertz CT molecular complexity index is 1380. The summed E-state index contributed by atoms with van der Waals surface area (Å²) in [5.74, 6) is -1.22. The molecule has 10 heteroatoms. The van der Waals surface area contributed by atoms with Crippen LogP contribution >= 0.6 is 11.3 Å². The number of benzene rings is 2. The first-order valence-electron chi connectivity index (χ1n) is 9.35. The number of sulfone groups is 1. The van der Waals surface area contributed by atoms with Gasteiger partial charge in [-0.3, -0.25) is 0 Å². The van der Waals surface area contributed by atoms with Crippen LogP contribution in [-0.2, 0) is 21.2 Å². The zero-order chi connectivity index (χ0) is 22.6. The fraction of sp³-hybridized carbons (Fsp3) is 0.238. The van der Waals surface area contributed by atoms with Gasteiger partial charge >= 0.3 is 0 Å². The summed E-state index contributed by atoms with van der Waals surface area (Å²) in [6.45, 7) is 5.02. The number of aryl methyl sites for hydroxylation is 1. The number of aliphatic hydroxyl groups is 1. The molecule has 0 amide bonds. The number of hydrogen-bond acceptors (Lipinski definition) is 7. The number of halogens is 1. The van der Waals surface area contributed by atoms with Gasteiger partial charge in [-0.2, -0.15) is 5.10 Å². The minimum Gasteiger partial charge on any atom is -0.507 e. The fourth-order valence-corrected chi connectivity index (χ4v) is 5.64. The molecule has 0 aliphatic rings. The number of rotatable bonds is 5. The van der Waals surface area contributed by atoms with Gasteiger partial charge in [0.15, 0.2) is 9.84 Å². The first-order chi connectivity index (χ1) is 14.5. The molecule has 0 unspecified atom stereocenters. The Balaban J connectivity index is 1.80. The lowest BCUT2D eigenvalue weighted by molar-refractivity contribution is 0.0773. The normalized spacial score (nSPS) is 12.5. The maximum absolute atomic E-state index is 13.1. The molecule has 162 valence electrons. The molecule has 2 N–H and O–H groups in total. The van der Waals surface area contributed by atoms with E-state index in [9.17, 15) is 23.0 Å². The highest BCUT2D eigenvalue weighted by atomic mass is 32.2. The van der Waals surface area contributed by atoms with Crippen LogP contribution in [0.25, 0.3) is 16.2 Å². The van der Waals surface area contributed by atoms with Crippen LogP contribution in [0.15, 0.2) is 47.4 Å². The first kappa shape index (κ1) is 21.4. The van der Waals surface area contributed by atoms with Crippen molar-refractivity contribution in [1.29, 1.82) is 0 Å². The van der Waals surface area contributed by atoms with Gasteiger partial charge in [-0.05, 0) is 56.7 Å². The fourth-order valence-electron chi connectivity index (χ4n) is 3.22. The van der Waals surface area contributed by atoms with E-state index in [1.54, 1.807) is 31.4 Å². The van der Waals surface area contributed by atoms with Gasteiger partial charge in [-0.25, -0.2) is 22.3 Å². The van der Waals surface area contributed by atoms with Gasteiger partial charge in [0, 0.05) is 5.56 Å². The highest BCUT2D eigenvalue weighted by Crippen LogP contribution is 2.35. The number of phenols is 1. The van der Waals surface area contributed by atoms with E-state index in [1.165, 1.54) is 47.7 Å². The van der Waals surface area contributed by atoms with Crippen molar-refractivity contribution in [3.05, 3.63) is 64.5 Å². The average Bonchev–Trinajstić information content (AvgIpc) is 3.21. The molecule has 4 aromatic rings. The van der Waals surface area contributed by atoms with Gasteiger partial charge in [-0.1, -0.05) is 23.5 Å². The lowest BCUT2D eigenvalue weighted by Crippen LogP contribution is -2.15. The SMILES string of the molecule is Cc1nc2sc(C(C)(C)O)nn2c1-c1ccc(O)c(S(=O)(=O)Cc2ccc(F)cc2)c1. The maximum Gasteiger partial charge on any atom is 0.213 e. The van der Waals surface area contributed by atoms with Crippen molar-refractivity contribution in [2.24, 2.45) is 0 Å². The smallest absolute Gasteiger partial charge is 0.213 e. The molecule has 0 aliphatic carbocycles. The monoisotopic (exact) mass is 461 g/mol. The molecule has 0 aliphatic heterocycles. The van der Waals surface area contributed by atoms with E-state index in [-0.39, 0.29) is 16.4 Å². The van der Waals surface area contributed by atoms with E-state index in [2.05, 4.69) is 10.1 Å². The second kappa shape index (κ2) is 7.40. The molecule has 31 heavy (non-hydrogen) atoms. The topological polar surface area (TPSA) is 105 Å². The van der Waals surface area contributed by atoms with Crippen LogP contribution in [0, 0.1) is 12.7 Å². The molecule has 4 rings (SSSR count). The highest BCUT2D eigenvalue weighted by molar-refractivity contribution is 7.90. The van der Waals surface area contributed by atoms with Crippen molar-refractivity contribution in [1.82, 2.24) is 14.6 Å². The van der Waals surface area contributed by atoms with Crippen molar-refractivity contribution in [2.75, 3.05) is 0 Å². The van der Waals surface area contributed by atoms with Crippen molar-refractivity contribution < 1.29 is 23.0 Å². The molecule has 0 fully saturated rings. The van der Waals surface area contributed by atoms with Crippen molar-refractivity contribution in [3.63, 3.8) is 0 Å². The van der Waals surface area contributed by atoms with E-state index in [0.29, 0.717) is 32.5 Å². The number of fused-ring (bicyclic) bond motifs is 1. The maximum atomic E-state index is 13.1. The molecule has 0 bridgehead atoms. The first-order valence-corrected chi connectivity index (χ1v) is 11.8. The van der Waals surface area contributed by atoms with Crippen LogP contribution in [-0.4, -0.2) is 33.2 Å². The molecule has 2 heterocycles. The minimum atomic E-state index is -3.91. The second-order valence-electron chi connectivity index (χ2n) is 7.77. The van der Waals surface area contributed by atoms with Crippen LogP contribution in [0.5, 0.6) is 5.75 Å². The Labute approximate surface area is 182 Å². The Morgan fingerprint density at radius 3 is 2.48 bits per heavy atom. The number of aromatic nitrogens is 3. The minimum absolute atomic E-state index is 0.235. The molecular weight excluding hydrogens is 441 g/mol. The number of hydrogen-bond donors (Lipinski definition) is 2. The third-order valence-corrected chi connectivity index (χ3v) is 7.67. The van der Waals surface area contributed by atoms with Crippen LogP contribution < -0.4 is 0 Å². The molecule has 0 saturated heterocycles. The zero-order valence-corrected chi connectivity index (χ0v) is 18.6. The number of nitrogens with zero attached hydrogens (tertiary/aromatic N) is 3. The third-order valence-electron chi connectivity index (χ3n) is 4.74. The number of phenolic OH excluding ortho intramolecular Hbond substituents is 1. The molecule has 0 saturated carbocycles. The lowest BCUT2D eigenvalue weighted by atomic mass is 10.1. The largest absolute Gasteiger partial charge is 0.507 e. The molecule has 2 aromatic heterocycles. The Morgan fingerprint density at radius 1 is 1.16 bits per heavy atom. The molecule has 2 aromatic carbocycles. The summed E-state index contributed by atoms with van der Waals surface area (Å²) in [5.41, 5.74) is 0.972. The summed E-state index contributed by atoms with van der Waals surface area (Å²) in [5, 5.41) is 25.4. The summed E-state index contributed by atoms with van der Waals surface area (Å²) in [6, 6.07) is 9.46. The molecule has 0 spiro atoms. The van der Waals surface area contributed by atoms with Crippen LogP contribution in [0.2, 0.25) is 0 Å². The van der Waals surface area contributed by atoms with Gasteiger partial charge in [0.25, 0.3) is 0 Å². The summed E-state index contributed by atoms with van der Waals surface area (Å²) < 4.78 is 40.7. The lowest BCUT2D eigenvalue weighted by Gasteiger charge is -2.12. The van der Waals surface area contributed by atoms with Crippen molar-refractivity contribution in [3.8, 4) is 17.0 Å². The van der Waals surface area contributed by atoms with Crippen molar-refractivity contribution >= 4 is 26.1 Å². The predicted octanol–water partition coefficient (Wildman–Crippen LogP) is 3.81. The van der Waals surface area contributed by atoms with Crippen LogP contribution in [0.3, 0.4) is 0 Å². The van der Waals surface area contributed by atoms with E-state index in [4.69, 9.17) is 0 Å². The van der Waals surface area contributed by atoms with Gasteiger partial charge in [-0.15, -0.1) is 0 Å². The summed E-state index contributed by atoms with van der Waals surface area (Å²) in [7, 11) is -3.91. The summed E-state index contributed by atoms with van der Waals surface area (Å²) in [4.78, 5) is 4.80. The quantitative estimate of drug-likeness (QED) is 0.468. The van der Waals surface area contributed by atoms with Crippen molar-refractivity contribution in [2.45, 2.75) is 37.0 Å². The molecule has 0 atom stereocenters. The van der Waals surface area contributed by atoms with Gasteiger partial charge in [0.2, 0.25) is 4.96 Å². The summed E-state index contributed by atoms with van der Waals surface area (Å²) >= 11 is 1.24. The molecule has 7 nitrogen and oxygen atoms in total. The van der Waals surface area contributed by atoms with Gasteiger partial charge < -0.3 is 10.2 Å². The van der Waals surface area contributed by atoms with E-state index in [0.717, 1.165) is 0 Å². The Kier molecular flexibility index (Phi) is 5.11. The van der Waals surface area contributed by atoms with E-state index in [1.807, 2.05) is 0 Å². The zero-order valence-electron chi connectivity index (χ0n) is 17.0. The van der Waals surface area contributed by atoms with E-state index < -0.39 is 21.3 Å².